The lowest BCUT2D eigenvalue weighted by molar-refractivity contribution is 0.102. The van der Waals surface area contributed by atoms with Crippen LogP contribution in [0, 0.1) is 12.7 Å². The van der Waals surface area contributed by atoms with Gasteiger partial charge in [0.1, 0.15) is 11.6 Å². The number of aryl methyl sites for hydroxylation is 1. The fourth-order valence-electron chi connectivity index (χ4n) is 1.86. The van der Waals surface area contributed by atoms with E-state index in [9.17, 15) is 9.18 Å². The normalized spacial score (nSPS) is 10.7. The molecular weight excluding hydrogens is 271 g/mol. The average Bonchev–Trinajstić information content (AvgIpc) is 2.37. The van der Waals surface area contributed by atoms with Crippen molar-refractivity contribution in [3.63, 3.8) is 0 Å². The Labute approximate surface area is 122 Å². The number of carbonyl (C=O) groups is 1. The molecule has 0 spiro atoms. The lowest BCUT2D eigenvalue weighted by Gasteiger charge is -2.10. The summed E-state index contributed by atoms with van der Waals surface area (Å²) in [5, 5.41) is 2.60. The first-order chi connectivity index (χ1) is 9.86. The molecule has 2 rings (SSSR count). The minimum Gasteiger partial charge on any atom is -0.396 e. The van der Waals surface area contributed by atoms with Gasteiger partial charge in [0.05, 0.1) is 11.9 Å². The number of rotatable bonds is 3. The fourth-order valence-corrected chi connectivity index (χ4v) is 1.86. The molecule has 1 aromatic heterocycles. The van der Waals surface area contributed by atoms with Crippen LogP contribution in [0.5, 0.6) is 0 Å². The van der Waals surface area contributed by atoms with Gasteiger partial charge < -0.3 is 11.1 Å². The van der Waals surface area contributed by atoms with Crippen molar-refractivity contribution in [2.24, 2.45) is 0 Å². The highest BCUT2D eigenvalue weighted by atomic mass is 19.1. The Bertz CT molecular complexity index is 665. The number of halogens is 1. The Kier molecular flexibility index (Phi) is 4.16. The maximum Gasteiger partial charge on any atom is 0.276 e. The second kappa shape index (κ2) is 5.87. The van der Waals surface area contributed by atoms with Crippen LogP contribution in [0.15, 0.2) is 24.4 Å². The molecule has 2 aromatic rings. The van der Waals surface area contributed by atoms with E-state index in [1.807, 2.05) is 13.8 Å². The van der Waals surface area contributed by atoms with E-state index in [4.69, 9.17) is 5.73 Å². The molecule has 5 nitrogen and oxygen atoms in total. The van der Waals surface area contributed by atoms with Gasteiger partial charge in [-0.05, 0) is 30.7 Å². The molecule has 0 fully saturated rings. The van der Waals surface area contributed by atoms with Crippen LogP contribution in [0.2, 0.25) is 0 Å². The highest BCUT2D eigenvalue weighted by Crippen LogP contribution is 2.17. The van der Waals surface area contributed by atoms with E-state index in [0.717, 1.165) is 0 Å². The van der Waals surface area contributed by atoms with E-state index >= 15 is 0 Å². The number of aromatic nitrogens is 2. The van der Waals surface area contributed by atoms with Gasteiger partial charge in [-0.1, -0.05) is 13.8 Å². The third-order valence-electron chi connectivity index (χ3n) is 2.87. The highest BCUT2D eigenvalue weighted by molar-refractivity contribution is 6.06. The summed E-state index contributed by atoms with van der Waals surface area (Å²) in [4.78, 5) is 20.5. The zero-order valence-electron chi connectivity index (χ0n) is 12.1. The molecule has 0 saturated carbocycles. The zero-order valence-corrected chi connectivity index (χ0v) is 12.1. The molecule has 21 heavy (non-hydrogen) atoms. The van der Waals surface area contributed by atoms with Gasteiger partial charge >= 0.3 is 0 Å². The molecule has 1 amide bonds. The van der Waals surface area contributed by atoms with Crippen molar-refractivity contribution in [1.82, 2.24) is 9.97 Å². The van der Waals surface area contributed by atoms with Crippen molar-refractivity contribution in [2.45, 2.75) is 26.7 Å². The van der Waals surface area contributed by atoms with Crippen LogP contribution in [-0.2, 0) is 0 Å². The van der Waals surface area contributed by atoms with Crippen LogP contribution >= 0.6 is 0 Å². The molecule has 0 aliphatic rings. The summed E-state index contributed by atoms with van der Waals surface area (Å²) >= 11 is 0. The van der Waals surface area contributed by atoms with Gasteiger partial charge in [-0.25, -0.2) is 14.4 Å². The maximum atomic E-state index is 13.3. The number of nitrogens with one attached hydrogen (secondary N) is 1. The number of nitrogens with zero attached hydrogens (tertiary/aromatic N) is 2. The van der Waals surface area contributed by atoms with Gasteiger partial charge in [0.2, 0.25) is 0 Å². The summed E-state index contributed by atoms with van der Waals surface area (Å²) < 4.78 is 13.3. The average molecular weight is 288 g/mol. The largest absolute Gasteiger partial charge is 0.396 e. The number of hydrogen-bond donors (Lipinski definition) is 2. The molecule has 0 saturated heterocycles. The first-order valence-electron chi connectivity index (χ1n) is 6.57. The summed E-state index contributed by atoms with van der Waals surface area (Å²) in [6, 6.07) is 4.29. The van der Waals surface area contributed by atoms with Crippen LogP contribution < -0.4 is 11.1 Å². The molecule has 3 N–H and O–H groups in total. The molecule has 0 aliphatic carbocycles. The van der Waals surface area contributed by atoms with Crippen molar-refractivity contribution in [2.75, 3.05) is 11.1 Å². The predicted octanol–water partition coefficient (Wildman–Crippen LogP) is 2.88. The summed E-state index contributed by atoms with van der Waals surface area (Å²) in [5.41, 5.74) is 7.10. The van der Waals surface area contributed by atoms with Crippen molar-refractivity contribution in [3.05, 3.63) is 47.3 Å². The van der Waals surface area contributed by atoms with Crippen LogP contribution in [-0.4, -0.2) is 15.9 Å². The van der Waals surface area contributed by atoms with E-state index < -0.39 is 11.7 Å². The summed E-state index contributed by atoms with van der Waals surface area (Å²) in [6.45, 7) is 5.58. The SMILES string of the molecule is Cc1cc(F)cc(NC(=O)c2nc(C(C)C)ncc2N)c1. The molecule has 1 aromatic carbocycles. The third-order valence-corrected chi connectivity index (χ3v) is 2.87. The van der Waals surface area contributed by atoms with Crippen molar-refractivity contribution in [3.8, 4) is 0 Å². The first-order valence-corrected chi connectivity index (χ1v) is 6.57. The van der Waals surface area contributed by atoms with Crippen LogP contribution in [0.25, 0.3) is 0 Å². The molecule has 0 bridgehead atoms. The molecule has 6 heteroatoms. The fraction of sp³-hybridized carbons (Fsp3) is 0.267. The molecule has 1 heterocycles. The van der Waals surface area contributed by atoms with E-state index in [1.165, 1.54) is 18.3 Å². The summed E-state index contributed by atoms with van der Waals surface area (Å²) in [5.74, 6) is -0.288. The third kappa shape index (κ3) is 3.53. The van der Waals surface area contributed by atoms with Gasteiger partial charge in [0, 0.05) is 11.6 Å². The van der Waals surface area contributed by atoms with E-state index in [-0.39, 0.29) is 17.3 Å². The smallest absolute Gasteiger partial charge is 0.276 e. The second-order valence-corrected chi connectivity index (χ2v) is 5.16. The van der Waals surface area contributed by atoms with Gasteiger partial charge in [-0.15, -0.1) is 0 Å². The van der Waals surface area contributed by atoms with Crippen LogP contribution in [0.4, 0.5) is 15.8 Å². The van der Waals surface area contributed by atoms with Gasteiger partial charge in [0.15, 0.2) is 5.69 Å². The Morgan fingerprint density at radius 2 is 2.05 bits per heavy atom. The lowest BCUT2D eigenvalue weighted by atomic mass is 10.2. The summed E-state index contributed by atoms with van der Waals surface area (Å²) in [6.07, 6.45) is 1.41. The van der Waals surface area contributed by atoms with Crippen LogP contribution in [0.3, 0.4) is 0 Å². The molecule has 0 unspecified atom stereocenters. The van der Waals surface area contributed by atoms with Gasteiger partial charge in [-0.3, -0.25) is 4.79 Å². The Morgan fingerprint density at radius 3 is 2.67 bits per heavy atom. The zero-order chi connectivity index (χ0) is 15.6. The molecule has 110 valence electrons. The number of nitrogen functional groups attached to an aromatic ring is 1. The number of benzene rings is 1. The number of anilines is 2. The number of carbonyl (C=O) groups excluding carboxylic acids is 1. The van der Waals surface area contributed by atoms with E-state index in [2.05, 4.69) is 15.3 Å². The van der Waals surface area contributed by atoms with Gasteiger partial charge in [-0.2, -0.15) is 0 Å². The monoisotopic (exact) mass is 288 g/mol. The second-order valence-electron chi connectivity index (χ2n) is 5.16. The van der Waals surface area contributed by atoms with Crippen LogP contribution in [0.1, 0.15) is 41.6 Å². The van der Waals surface area contributed by atoms with Crippen molar-refractivity contribution in [1.29, 1.82) is 0 Å². The number of nitrogens with two attached hydrogens (primary N) is 1. The molecule has 0 atom stereocenters. The van der Waals surface area contributed by atoms with Crippen molar-refractivity contribution < 1.29 is 9.18 Å². The Balaban J connectivity index is 2.29. The minimum atomic E-state index is -0.484. The van der Waals surface area contributed by atoms with Crippen molar-refractivity contribution >= 4 is 17.3 Å². The Hall–Kier alpha value is -2.50. The first kappa shape index (κ1) is 14.9. The number of amides is 1. The molecule has 0 aliphatic heterocycles. The molecule has 0 radical (unpaired) electrons. The standard InChI is InChI=1S/C15H17FN4O/c1-8(2)14-18-7-12(17)13(20-14)15(21)19-11-5-9(3)4-10(16)6-11/h4-8H,17H2,1-3H3,(H,19,21). The topological polar surface area (TPSA) is 80.9 Å². The predicted molar refractivity (Wildman–Crippen MR) is 79.6 cm³/mol. The minimum absolute atomic E-state index is 0.0774. The highest BCUT2D eigenvalue weighted by Gasteiger charge is 2.15. The Morgan fingerprint density at radius 1 is 1.33 bits per heavy atom. The quantitative estimate of drug-likeness (QED) is 0.910. The van der Waals surface area contributed by atoms with E-state index in [1.54, 1.807) is 13.0 Å². The number of hydrogen-bond acceptors (Lipinski definition) is 4. The maximum absolute atomic E-state index is 13.3. The lowest BCUT2D eigenvalue weighted by Crippen LogP contribution is -2.18. The van der Waals surface area contributed by atoms with Gasteiger partial charge in [0.25, 0.3) is 5.91 Å². The summed E-state index contributed by atoms with van der Waals surface area (Å²) in [7, 11) is 0. The van der Waals surface area contributed by atoms with E-state index in [0.29, 0.717) is 17.1 Å². The molecular formula is C15H17FN4O.